The molecule has 1 N–H and O–H groups in total. The maximum Gasteiger partial charge on any atom is 0.234 e. The molecule has 1 saturated carbocycles. The summed E-state index contributed by atoms with van der Waals surface area (Å²) in [5, 5.41) is 22.9. The van der Waals surface area contributed by atoms with Crippen LogP contribution in [0.15, 0.2) is 0 Å². The Hall–Kier alpha value is -1.01. The summed E-state index contributed by atoms with van der Waals surface area (Å²) in [6.07, 6.45) is 4.38. The smallest absolute Gasteiger partial charge is 0.234 e. The summed E-state index contributed by atoms with van der Waals surface area (Å²) in [6.45, 7) is 1.72. The maximum absolute atomic E-state index is 9.49. The third kappa shape index (κ3) is 1.53. The van der Waals surface area contributed by atoms with Gasteiger partial charge in [-0.2, -0.15) is 9.61 Å². The lowest BCUT2D eigenvalue weighted by Gasteiger charge is -2.03. The lowest BCUT2D eigenvalue weighted by molar-refractivity contribution is 0.197. The van der Waals surface area contributed by atoms with Gasteiger partial charge in [-0.1, -0.05) is 24.2 Å². The summed E-state index contributed by atoms with van der Waals surface area (Å²) in [4.78, 5) is 0.790. The molecule has 1 atom stereocenters. The second-order valence-electron chi connectivity index (χ2n) is 4.35. The predicted molar refractivity (Wildman–Crippen MR) is 60.5 cm³/mol. The van der Waals surface area contributed by atoms with Crippen molar-refractivity contribution in [2.24, 2.45) is 0 Å². The van der Waals surface area contributed by atoms with Crippen molar-refractivity contribution in [2.75, 3.05) is 0 Å². The van der Waals surface area contributed by atoms with Gasteiger partial charge in [0.1, 0.15) is 11.1 Å². The fraction of sp³-hybridized carbons (Fsp3) is 0.700. The van der Waals surface area contributed by atoms with Crippen molar-refractivity contribution in [1.29, 1.82) is 0 Å². The average molecular weight is 238 g/mol. The first-order valence-corrected chi connectivity index (χ1v) is 6.47. The number of fused-ring (bicyclic) bond motifs is 1. The molecular weight excluding hydrogens is 224 g/mol. The van der Waals surface area contributed by atoms with Crippen molar-refractivity contribution >= 4 is 16.3 Å². The lowest BCUT2D eigenvalue weighted by Crippen LogP contribution is -2.02. The first-order chi connectivity index (χ1) is 7.75. The fourth-order valence-corrected chi connectivity index (χ4v) is 3.04. The molecule has 2 aromatic heterocycles. The highest BCUT2D eigenvalue weighted by atomic mass is 32.1. The molecule has 0 aromatic carbocycles. The van der Waals surface area contributed by atoms with Crippen molar-refractivity contribution in [2.45, 2.75) is 44.6 Å². The summed E-state index contributed by atoms with van der Waals surface area (Å²) < 4.78 is 1.81. The van der Waals surface area contributed by atoms with E-state index in [9.17, 15) is 5.11 Å². The molecule has 1 aliphatic rings. The molecular formula is C10H14N4OS. The number of aliphatic hydroxyl groups is 1. The third-order valence-electron chi connectivity index (χ3n) is 3.11. The van der Waals surface area contributed by atoms with Gasteiger partial charge >= 0.3 is 0 Å². The zero-order valence-electron chi connectivity index (χ0n) is 9.13. The first kappa shape index (κ1) is 10.2. The Balaban J connectivity index is 2.04. The van der Waals surface area contributed by atoms with Crippen molar-refractivity contribution in [3.63, 3.8) is 0 Å². The molecule has 5 nitrogen and oxygen atoms in total. The minimum atomic E-state index is -0.525. The quantitative estimate of drug-likeness (QED) is 0.868. The van der Waals surface area contributed by atoms with Crippen LogP contribution in [0.5, 0.6) is 0 Å². The van der Waals surface area contributed by atoms with Crippen molar-refractivity contribution in [3.05, 3.63) is 10.8 Å². The minimum absolute atomic E-state index is 0.499. The molecule has 1 fully saturated rings. The molecule has 86 valence electrons. The van der Waals surface area contributed by atoms with Gasteiger partial charge in [-0.3, -0.25) is 0 Å². The Morgan fingerprint density at radius 3 is 2.81 bits per heavy atom. The van der Waals surface area contributed by atoms with E-state index in [1.54, 1.807) is 6.92 Å². The van der Waals surface area contributed by atoms with Gasteiger partial charge in [-0.15, -0.1) is 10.2 Å². The van der Waals surface area contributed by atoms with Crippen LogP contribution in [-0.4, -0.2) is 24.9 Å². The summed E-state index contributed by atoms with van der Waals surface area (Å²) in [7, 11) is 0. The molecule has 3 rings (SSSR count). The molecule has 6 heteroatoms. The Bertz CT molecular complexity index is 498. The fourth-order valence-electron chi connectivity index (χ4n) is 2.25. The largest absolute Gasteiger partial charge is 0.386 e. The van der Waals surface area contributed by atoms with Gasteiger partial charge in [0.25, 0.3) is 0 Å². The number of aliphatic hydroxyl groups excluding tert-OH is 1. The van der Waals surface area contributed by atoms with Gasteiger partial charge < -0.3 is 5.11 Å². The number of nitrogens with zero attached hydrogens (tertiary/aromatic N) is 4. The monoisotopic (exact) mass is 238 g/mol. The summed E-state index contributed by atoms with van der Waals surface area (Å²) in [5.41, 5.74) is 0. The summed E-state index contributed by atoms with van der Waals surface area (Å²) in [5.74, 6) is 1.47. The molecule has 0 amide bonds. The van der Waals surface area contributed by atoms with Crippen LogP contribution in [0.1, 0.15) is 55.5 Å². The summed E-state index contributed by atoms with van der Waals surface area (Å²) in [6, 6.07) is 0. The van der Waals surface area contributed by atoms with E-state index in [4.69, 9.17) is 0 Å². The Morgan fingerprint density at radius 1 is 1.38 bits per heavy atom. The number of rotatable bonds is 2. The van der Waals surface area contributed by atoms with Gasteiger partial charge in [0.05, 0.1) is 0 Å². The van der Waals surface area contributed by atoms with Crippen LogP contribution in [0, 0.1) is 0 Å². The summed E-state index contributed by atoms with van der Waals surface area (Å²) >= 11 is 1.41. The normalized spacial score (nSPS) is 19.6. The van der Waals surface area contributed by atoms with Crippen molar-refractivity contribution < 1.29 is 5.11 Å². The second-order valence-corrected chi connectivity index (χ2v) is 5.34. The molecule has 0 bridgehead atoms. The van der Waals surface area contributed by atoms with E-state index in [1.807, 2.05) is 4.52 Å². The van der Waals surface area contributed by atoms with Crippen molar-refractivity contribution in [1.82, 2.24) is 19.8 Å². The molecule has 0 saturated heterocycles. The molecule has 0 aliphatic heterocycles. The molecule has 16 heavy (non-hydrogen) atoms. The zero-order valence-corrected chi connectivity index (χ0v) is 9.94. The van der Waals surface area contributed by atoms with Gasteiger partial charge in [0.15, 0.2) is 5.82 Å². The Kier molecular flexibility index (Phi) is 2.40. The van der Waals surface area contributed by atoms with Crippen LogP contribution in [0.4, 0.5) is 0 Å². The Labute approximate surface area is 97.1 Å². The number of aromatic nitrogens is 4. The van der Waals surface area contributed by atoms with Gasteiger partial charge in [-0.05, 0) is 19.8 Å². The van der Waals surface area contributed by atoms with E-state index >= 15 is 0 Å². The third-order valence-corrected chi connectivity index (χ3v) is 4.18. The van der Waals surface area contributed by atoms with Crippen LogP contribution in [0.25, 0.3) is 4.96 Å². The molecule has 1 unspecified atom stereocenters. The predicted octanol–water partition coefficient (Wildman–Crippen LogP) is 1.90. The standard InChI is InChI=1S/C10H14N4OS/c1-6(15)9-13-14-8(7-4-2-3-5-7)11-12-10(14)16-9/h6-7,15H,2-5H2,1H3. The first-order valence-electron chi connectivity index (χ1n) is 5.66. The van der Waals surface area contributed by atoms with Crippen molar-refractivity contribution in [3.8, 4) is 0 Å². The highest BCUT2D eigenvalue weighted by Crippen LogP contribution is 2.33. The SMILES string of the molecule is CC(O)c1nn2c(C3CCCC3)nnc2s1. The second kappa shape index (κ2) is 3.78. The molecule has 1 aliphatic carbocycles. The van der Waals surface area contributed by atoms with Crippen LogP contribution >= 0.6 is 11.3 Å². The van der Waals surface area contributed by atoms with Crippen LogP contribution in [0.3, 0.4) is 0 Å². The van der Waals surface area contributed by atoms with Gasteiger partial charge in [0, 0.05) is 5.92 Å². The minimum Gasteiger partial charge on any atom is -0.386 e. The van der Waals surface area contributed by atoms with Gasteiger partial charge in [0.2, 0.25) is 4.96 Å². The number of hydrogen-bond donors (Lipinski definition) is 1. The number of hydrogen-bond acceptors (Lipinski definition) is 5. The lowest BCUT2D eigenvalue weighted by atomic mass is 10.1. The molecule has 2 heterocycles. The van der Waals surface area contributed by atoms with E-state index in [2.05, 4.69) is 15.3 Å². The Morgan fingerprint density at radius 2 is 2.12 bits per heavy atom. The maximum atomic E-state index is 9.49. The molecule has 0 radical (unpaired) electrons. The van der Waals surface area contributed by atoms with E-state index < -0.39 is 6.10 Å². The highest BCUT2D eigenvalue weighted by molar-refractivity contribution is 7.16. The van der Waals surface area contributed by atoms with E-state index in [0.29, 0.717) is 10.9 Å². The molecule has 2 aromatic rings. The van der Waals surface area contributed by atoms with E-state index in [0.717, 1.165) is 10.8 Å². The van der Waals surface area contributed by atoms with Crippen LogP contribution < -0.4 is 0 Å². The zero-order chi connectivity index (χ0) is 11.1. The van der Waals surface area contributed by atoms with E-state index in [-0.39, 0.29) is 0 Å². The average Bonchev–Trinajstić information content (AvgIpc) is 2.92. The van der Waals surface area contributed by atoms with E-state index in [1.165, 1.54) is 37.0 Å². The highest BCUT2D eigenvalue weighted by Gasteiger charge is 2.24. The topological polar surface area (TPSA) is 63.3 Å². The molecule has 0 spiro atoms. The van der Waals surface area contributed by atoms with Crippen LogP contribution in [-0.2, 0) is 0 Å². The van der Waals surface area contributed by atoms with Crippen LogP contribution in [0.2, 0.25) is 0 Å². The van der Waals surface area contributed by atoms with Gasteiger partial charge in [-0.25, -0.2) is 0 Å².